The Balaban J connectivity index is 0.000000774. The molecule has 0 aromatic heterocycles. The first-order valence-corrected chi connectivity index (χ1v) is 9.12. The smallest absolute Gasteiger partial charge is 0.0774 e. The van der Waals surface area contributed by atoms with Crippen molar-refractivity contribution in [3.05, 3.63) is 0 Å². The second-order valence-electron chi connectivity index (χ2n) is 7.86. The van der Waals surface area contributed by atoms with Gasteiger partial charge in [-0.1, -0.05) is 20.8 Å². The third kappa shape index (κ3) is 4.20. The normalized spacial score (nSPS) is 29.6. The topological polar surface area (TPSA) is 26.7 Å². The molecule has 1 spiro atoms. The SMILES string of the molecule is CC.CC1CCN(CC2(O)CCC3(CC2)CN(C)C3)CC1. The number of hydrogen-bond acceptors (Lipinski definition) is 3. The van der Waals surface area contributed by atoms with Crippen LogP contribution in [0.25, 0.3) is 0 Å². The van der Waals surface area contributed by atoms with Crippen molar-refractivity contribution in [2.45, 2.75) is 64.9 Å². The number of piperidine rings is 1. The van der Waals surface area contributed by atoms with Crippen LogP contribution in [-0.4, -0.2) is 60.3 Å². The van der Waals surface area contributed by atoms with Gasteiger partial charge in [0.15, 0.2) is 0 Å². The Morgan fingerprint density at radius 2 is 1.52 bits per heavy atom. The number of hydrogen-bond donors (Lipinski definition) is 1. The van der Waals surface area contributed by atoms with Gasteiger partial charge in [-0.15, -0.1) is 0 Å². The van der Waals surface area contributed by atoms with Crippen LogP contribution in [-0.2, 0) is 0 Å². The number of β-amino-alcohol motifs (C(OH)–C–C–N with tert-alkyl or cyclic N) is 1. The Bertz CT molecular complexity index is 307. The molecule has 2 aliphatic heterocycles. The zero-order valence-electron chi connectivity index (χ0n) is 14.7. The van der Waals surface area contributed by atoms with Crippen molar-refractivity contribution in [1.29, 1.82) is 0 Å². The molecule has 0 radical (unpaired) electrons. The Morgan fingerprint density at radius 3 is 2.00 bits per heavy atom. The highest BCUT2D eigenvalue weighted by atomic mass is 16.3. The summed E-state index contributed by atoms with van der Waals surface area (Å²) in [7, 11) is 2.21. The van der Waals surface area contributed by atoms with E-state index in [2.05, 4.69) is 23.8 Å². The van der Waals surface area contributed by atoms with Crippen LogP contribution in [0.15, 0.2) is 0 Å². The van der Waals surface area contributed by atoms with Crippen molar-refractivity contribution in [3.63, 3.8) is 0 Å². The number of nitrogens with zero attached hydrogens (tertiary/aromatic N) is 2. The van der Waals surface area contributed by atoms with E-state index < -0.39 is 0 Å². The van der Waals surface area contributed by atoms with Gasteiger partial charge in [0, 0.05) is 19.6 Å². The maximum absolute atomic E-state index is 10.9. The molecule has 0 unspecified atom stereocenters. The van der Waals surface area contributed by atoms with E-state index in [9.17, 15) is 5.11 Å². The van der Waals surface area contributed by atoms with E-state index in [0.29, 0.717) is 5.41 Å². The molecule has 0 atom stereocenters. The number of likely N-dealkylation sites (tertiary alicyclic amines) is 2. The zero-order valence-corrected chi connectivity index (χ0v) is 14.7. The molecule has 3 rings (SSSR count). The fourth-order valence-electron chi connectivity index (χ4n) is 4.46. The van der Waals surface area contributed by atoms with E-state index in [1.54, 1.807) is 0 Å². The average Bonchev–Trinajstić information content (AvgIpc) is 2.45. The summed E-state index contributed by atoms with van der Waals surface area (Å²) < 4.78 is 0. The summed E-state index contributed by atoms with van der Waals surface area (Å²) in [5.41, 5.74) is 0.178. The Morgan fingerprint density at radius 1 is 1.00 bits per heavy atom. The van der Waals surface area contributed by atoms with Gasteiger partial charge >= 0.3 is 0 Å². The highest BCUT2D eigenvalue weighted by Crippen LogP contribution is 2.46. The van der Waals surface area contributed by atoms with Crippen molar-refractivity contribution in [3.8, 4) is 0 Å². The van der Waals surface area contributed by atoms with Crippen molar-refractivity contribution >= 4 is 0 Å². The lowest BCUT2D eigenvalue weighted by molar-refractivity contribution is -0.0981. The van der Waals surface area contributed by atoms with Gasteiger partial charge in [0.05, 0.1) is 5.60 Å². The standard InChI is InChI=1S/C16H30N2O.C2H6/c1-14-3-9-18(10-4-14)13-16(19)7-5-15(6-8-16)11-17(2)12-15;1-2/h14,19H,3-13H2,1-2H3;1-2H3. The molecule has 1 saturated carbocycles. The molecule has 0 amide bonds. The summed E-state index contributed by atoms with van der Waals surface area (Å²) in [5.74, 6) is 0.881. The quantitative estimate of drug-likeness (QED) is 0.848. The fourth-order valence-corrected chi connectivity index (χ4v) is 4.46. The largest absolute Gasteiger partial charge is 0.389 e. The van der Waals surface area contributed by atoms with E-state index in [0.717, 1.165) is 25.3 Å². The lowest BCUT2D eigenvalue weighted by Crippen LogP contribution is -2.59. The van der Waals surface area contributed by atoms with Crippen molar-refractivity contribution in [2.24, 2.45) is 11.3 Å². The molecule has 21 heavy (non-hydrogen) atoms. The summed E-state index contributed by atoms with van der Waals surface area (Å²) in [6.07, 6.45) is 7.13. The van der Waals surface area contributed by atoms with E-state index >= 15 is 0 Å². The van der Waals surface area contributed by atoms with Crippen LogP contribution in [0.3, 0.4) is 0 Å². The molecule has 2 saturated heterocycles. The first-order valence-electron chi connectivity index (χ1n) is 9.12. The average molecular weight is 296 g/mol. The van der Waals surface area contributed by atoms with E-state index in [1.807, 2.05) is 13.8 Å². The fraction of sp³-hybridized carbons (Fsp3) is 1.00. The predicted octanol–water partition coefficient (Wildman–Crippen LogP) is 2.98. The van der Waals surface area contributed by atoms with Gasteiger partial charge in [-0.05, 0) is 70.0 Å². The van der Waals surface area contributed by atoms with Gasteiger partial charge in [-0.25, -0.2) is 0 Å². The third-order valence-electron chi connectivity index (χ3n) is 5.85. The van der Waals surface area contributed by atoms with Crippen LogP contribution in [0.2, 0.25) is 0 Å². The minimum atomic E-state index is -0.389. The van der Waals surface area contributed by atoms with Gasteiger partial charge in [0.1, 0.15) is 0 Å². The van der Waals surface area contributed by atoms with Gasteiger partial charge in [-0.3, -0.25) is 0 Å². The minimum absolute atomic E-state index is 0.389. The highest BCUT2D eigenvalue weighted by molar-refractivity contribution is 5.01. The molecule has 124 valence electrons. The summed E-state index contributed by atoms with van der Waals surface area (Å²) in [6, 6.07) is 0. The van der Waals surface area contributed by atoms with Crippen molar-refractivity contribution in [1.82, 2.24) is 9.80 Å². The van der Waals surface area contributed by atoms with Gasteiger partial charge in [-0.2, -0.15) is 0 Å². The second kappa shape index (κ2) is 6.97. The lowest BCUT2D eigenvalue weighted by Gasteiger charge is -2.54. The van der Waals surface area contributed by atoms with Gasteiger partial charge < -0.3 is 14.9 Å². The summed E-state index contributed by atoms with van der Waals surface area (Å²) in [5, 5.41) is 10.9. The Hall–Kier alpha value is -0.120. The molecule has 0 bridgehead atoms. The van der Waals surface area contributed by atoms with Crippen LogP contribution < -0.4 is 0 Å². The molecule has 1 aliphatic carbocycles. The van der Waals surface area contributed by atoms with Crippen LogP contribution in [0, 0.1) is 11.3 Å². The Labute approximate surface area is 131 Å². The van der Waals surface area contributed by atoms with Gasteiger partial charge in [0.25, 0.3) is 0 Å². The number of aliphatic hydroxyl groups is 1. The summed E-state index contributed by atoms with van der Waals surface area (Å²) >= 11 is 0. The molecule has 0 aromatic rings. The molecule has 3 fully saturated rings. The van der Waals surface area contributed by atoms with Crippen LogP contribution in [0.4, 0.5) is 0 Å². The lowest BCUT2D eigenvalue weighted by atomic mass is 9.64. The van der Waals surface area contributed by atoms with Gasteiger partial charge in [0.2, 0.25) is 0 Å². The monoisotopic (exact) mass is 296 g/mol. The summed E-state index contributed by atoms with van der Waals surface area (Å²) in [6.45, 7) is 12.2. The van der Waals surface area contributed by atoms with Crippen LogP contribution in [0.1, 0.15) is 59.3 Å². The molecular weight excluding hydrogens is 260 g/mol. The molecule has 0 aromatic carbocycles. The molecular formula is C18H36N2O. The first-order chi connectivity index (χ1) is 9.99. The third-order valence-corrected chi connectivity index (χ3v) is 5.85. The van der Waals surface area contributed by atoms with Crippen LogP contribution in [0.5, 0.6) is 0 Å². The molecule has 3 nitrogen and oxygen atoms in total. The number of rotatable bonds is 2. The molecule has 1 N–H and O–H groups in total. The first kappa shape index (κ1) is 17.2. The molecule has 3 heteroatoms. The minimum Gasteiger partial charge on any atom is -0.389 e. The maximum atomic E-state index is 10.9. The second-order valence-corrected chi connectivity index (χ2v) is 7.86. The zero-order chi connectivity index (χ0) is 15.5. The van der Waals surface area contributed by atoms with E-state index in [-0.39, 0.29) is 5.60 Å². The molecule has 2 heterocycles. The van der Waals surface area contributed by atoms with E-state index in [4.69, 9.17) is 0 Å². The summed E-state index contributed by atoms with van der Waals surface area (Å²) in [4.78, 5) is 4.92. The molecule has 3 aliphatic rings. The highest BCUT2D eigenvalue weighted by Gasteiger charge is 2.47. The predicted molar refractivity (Wildman–Crippen MR) is 89.5 cm³/mol. The van der Waals surface area contributed by atoms with E-state index in [1.165, 1.54) is 51.9 Å². The van der Waals surface area contributed by atoms with Crippen molar-refractivity contribution < 1.29 is 5.11 Å². The maximum Gasteiger partial charge on any atom is 0.0774 e. The van der Waals surface area contributed by atoms with Crippen LogP contribution >= 0.6 is 0 Å². The van der Waals surface area contributed by atoms with Crippen molar-refractivity contribution in [2.75, 3.05) is 39.8 Å². The Kier molecular flexibility index (Phi) is 5.72.